The normalized spacial score (nSPS) is 10.9. The van der Waals surface area contributed by atoms with E-state index in [0.717, 1.165) is 25.7 Å². The molecule has 3 aromatic carbocycles. The van der Waals surface area contributed by atoms with Crippen LogP contribution in [-0.4, -0.2) is 25.5 Å². The van der Waals surface area contributed by atoms with Crippen molar-refractivity contribution in [1.29, 1.82) is 0 Å². The Bertz CT molecular complexity index is 1070. The summed E-state index contributed by atoms with van der Waals surface area (Å²) in [7, 11) is 0. The van der Waals surface area contributed by atoms with Gasteiger partial charge in [0.2, 0.25) is 0 Å². The Kier molecular flexibility index (Phi) is 8.42. The quantitative estimate of drug-likeness (QED) is 0.141. The first-order chi connectivity index (χ1) is 15.4. The van der Waals surface area contributed by atoms with Gasteiger partial charge in [0.05, 0.1) is 13.2 Å². The Morgan fingerprint density at radius 2 is 1.09 bits per heavy atom. The van der Waals surface area contributed by atoms with Gasteiger partial charge in [0.15, 0.2) is 5.75 Å². The van der Waals surface area contributed by atoms with Crippen molar-refractivity contribution in [1.82, 2.24) is 0 Å². The molecule has 170 valence electrons. The fraction of sp³-hybridized carbons (Fsp3) is 0.333. The van der Waals surface area contributed by atoms with E-state index in [1.807, 2.05) is 13.8 Å². The van der Waals surface area contributed by atoms with E-state index in [-0.39, 0.29) is 24.7 Å². The van der Waals surface area contributed by atoms with E-state index in [0.29, 0.717) is 31.6 Å². The third-order valence-corrected chi connectivity index (χ3v) is 5.22. The van der Waals surface area contributed by atoms with Gasteiger partial charge in [0, 0.05) is 31.6 Å². The number of hydrogen-bond donors (Lipinski definition) is 0. The van der Waals surface area contributed by atoms with Crippen molar-refractivity contribution < 1.29 is 28.5 Å². The summed E-state index contributed by atoms with van der Waals surface area (Å²) in [5.74, 6) is 0.477. The third-order valence-electron chi connectivity index (χ3n) is 4.75. The first kappa shape index (κ1) is 24.0. The average Bonchev–Trinajstić information content (AvgIpc) is 2.76. The second-order valence-corrected chi connectivity index (χ2v) is 8.02. The molecule has 0 saturated heterocycles. The summed E-state index contributed by atoms with van der Waals surface area (Å²) in [6, 6.07) is 9.95. The molecule has 0 fully saturated rings. The molecule has 0 aliphatic heterocycles. The molecular weight excluding hydrogens is 455 g/mol. The molecule has 0 heterocycles. The third kappa shape index (κ3) is 5.75. The molecule has 3 aromatic rings. The van der Waals surface area contributed by atoms with Gasteiger partial charge in [-0.1, -0.05) is 49.9 Å². The second kappa shape index (κ2) is 11.2. The molecule has 0 spiro atoms. The lowest BCUT2D eigenvalue weighted by Crippen LogP contribution is -2.13. The van der Waals surface area contributed by atoms with E-state index in [1.165, 1.54) is 0 Å². The van der Waals surface area contributed by atoms with Crippen molar-refractivity contribution in [2.75, 3.05) is 13.2 Å². The molecule has 0 unspecified atom stereocenters. The minimum Gasteiger partial charge on any atom is -0.434 e. The highest BCUT2D eigenvalue weighted by Crippen LogP contribution is 2.44. The molecular formula is C24H24Cl2O6. The van der Waals surface area contributed by atoms with Gasteiger partial charge in [0.25, 0.3) is 0 Å². The summed E-state index contributed by atoms with van der Waals surface area (Å²) in [6.45, 7) is 4.49. The van der Waals surface area contributed by atoms with Crippen LogP contribution >= 0.6 is 23.2 Å². The molecule has 0 saturated carbocycles. The van der Waals surface area contributed by atoms with Crippen LogP contribution in [0, 0.1) is 0 Å². The summed E-state index contributed by atoms with van der Waals surface area (Å²) >= 11 is 12.4. The van der Waals surface area contributed by atoms with Crippen LogP contribution in [0.1, 0.15) is 39.5 Å². The van der Waals surface area contributed by atoms with Gasteiger partial charge in [-0.05, 0) is 49.2 Å². The predicted molar refractivity (Wildman–Crippen MR) is 125 cm³/mol. The van der Waals surface area contributed by atoms with Gasteiger partial charge in [-0.2, -0.15) is 0 Å². The summed E-state index contributed by atoms with van der Waals surface area (Å²) in [4.78, 5) is 24.7. The molecule has 0 amide bonds. The van der Waals surface area contributed by atoms with E-state index in [9.17, 15) is 9.59 Å². The standard InChI is InChI=1S/C24H24Cl2O6/c1-3-5-11-29-23(27)31-21-17-9-7-15(25)13-19(17)22(32-24(28)30-12-6-4-2)20-14-16(26)8-10-18(20)21/h7-10,13-14H,3-6,11-12H2,1-2H3. The van der Waals surface area contributed by atoms with Crippen LogP contribution in [0.5, 0.6) is 11.5 Å². The summed E-state index contributed by atoms with van der Waals surface area (Å²) in [5, 5.41) is 2.81. The fourth-order valence-corrected chi connectivity index (χ4v) is 3.48. The number of ether oxygens (including phenoxy) is 4. The topological polar surface area (TPSA) is 71.1 Å². The van der Waals surface area contributed by atoms with E-state index in [1.54, 1.807) is 36.4 Å². The van der Waals surface area contributed by atoms with Crippen molar-refractivity contribution in [3.63, 3.8) is 0 Å². The zero-order chi connectivity index (χ0) is 23.1. The lowest BCUT2D eigenvalue weighted by Gasteiger charge is -2.16. The number of unbranched alkanes of at least 4 members (excludes halogenated alkanes) is 2. The Labute approximate surface area is 196 Å². The average molecular weight is 479 g/mol. The number of rotatable bonds is 8. The molecule has 0 aromatic heterocycles. The van der Waals surface area contributed by atoms with Crippen LogP contribution in [0.25, 0.3) is 21.5 Å². The SMILES string of the molecule is CCCCOC(=O)Oc1c2ccc(Cl)cc2c(OC(=O)OCCCC)c2cc(Cl)ccc12. The maximum Gasteiger partial charge on any atom is 0.513 e. The zero-order valence-corrected chi connectivity index (χ0v) is 19.4. The molecule has 0 radical (unpaired) electrons. The lowest BCUT2D eigenvalue weighted by molar-refractivity contribution is 0.0970. The van der Waals surface area contributed by atoms with Crippen molar-refractivity contribution in [2.45, 2.75) is 39.5 Å². The van der Waals surface area contributed by atoms with Crippen molar-refractivity contribution in [2.24, 2.45) is 0 Å². The molecule has 3 rings (SSSR count). The largest absolute Gasteiger partial charge is 0.513 e. The highest BCUT2D eigenvalue weighted by Gasteiger charge is 2.22. The monoisotopic (exact) mass is 478 g/mol. The molecule has 6 nitrogen and oxygen atoms in total. The van der Waals surface area contributed by atoms with Crippen LogP contribution in [0.3, 0.4) is 0 Å². The lowest BCUT2D eigenvalue weighted by atomic mass is 10.0. The molecule has 0 aliphatic carbocycles. The van der Waals surface area contributed by atoms with Crippen molar-refractivity contribution in [3.8, 4) is 11.5 Å². The van der Waals surface area contributed by atoms with Crippen LogP contribution in [0.4, 0.5) is 9.59 Å². The first-order valence-electron chi connectivity index (χ1n) is 10.5. The van der Waals surface area contributed by atoms with Gasteiger partial charge in [-0.3, -0.25) is 0 Å². The Morgan fingerprint density at radius 1 is 0.688 bits per heavy atom. The van der Waals surface area contributed by atoms with Crippen LogP contribution in [-0.2, 0) is 9.47 Å². The highest BCUT2D eigenvalue weighted by molar-refractivity contribution is 6.33. The number of hydrogen-bond acceptors (Lipinski definition) is 6. The Morgan fingerprint density at radius 3 is 1.50 bits per heavy atom. The molecule has 32 heavy (non-hydrogen) atoms. The van der Waals surface area contributed by atoms with Crippen LogP contribution < -0.4 is 9.47 Å². The van der Waals surface area contributed by atoms with Crippen LogP contribution in [0.2, 0.25) is 10.0 Å². The second-order valence-electron chi connectivity index (χ2n) is 7.15. The molecule has 0 N–H and O–H groups in total. The number of carbonyl (C=O) groups is 2. The number of carbonyl (C=O) groups excluding carboxylic acids is 2. The summed E-state index contributed by atoms with van der Waals surface area (Å²) in [6.07, 6.45) is 1.56. The first-order valence-corrected chi connectivity index (χ1v) is 11.2. The van der Waals surface area contributed by atoms with E-state index in [2.05, 4.69) is 0 Å². The van der Waals surface area contributed by atoms with Gasteiger partial charge >= 0.3 is 12.3 Å². The van der Waals surface area contributed by atoms with Crippen molar-refractivity contribution in [3.05, 3.63) is 46.4 Å². The van der Waals surface area contributed by atoms with Gasteiger partial charge in [-0.15, -0.1) is 0 Å². The number of fused-ring (bicyclic) bond motifs is 2. The summed E-state index contributed by atoms with van der Waals surface area (Å²) in [5.41, 5.74) is 0. The molecule has 0 aliphatic rings. The molecule has 8 heteroatoms. The smallest absolute Gasteiger partial charge is 0.434 e. The predicted octanol–water partition coefficient (Wildman–Crippen LogP) is 7.93. The summed E-state index contributed by atoms with van der Waals surface area (Å²) < 4.78 is 21.5. The molecule has 0 atom stereocenters. The van der Waals surface area contributed by atoms with Crippen LogP contribution in [0.15, 0.2) is 36.4 Å². The van der Waals surface area contributed by atoms with Gasteiger partial charge in [0.1, 0.15) is 5.75 Å². The maximum absolute atomic E-state index is 12.3. The zero-order valence-electron chi connectivity index (χ0n) is 17.9. The Balaban J connectivity index is 2.12. The minimum atomic E-state index is -0.839. The van der Waals surface area contributed by atoms with E-state index < -0.39 is 12.3 Å². The van der Waals surface area contributed by atoms with Gasteiger partial charge in [-0.25, -0.2) is 9.59 Å². The minimum absolute atomic E-state index is 0.216. The highest BCUT2D eigenvalue weighted by atomic mass is 35.5. The number of halogens is 2. The molecule has 0 bridgehead atoms. The van der Waals surface area contributed by atoms with Gasteiger partial charge < -0.3 is 18.9 Å². The fourth-order valence-electron chi connectivity index (χ4n) is 3.14. The number of benzene rings is 3. The maximum atomic E-state index is 12.3. The van der Waals surface area contributed by atoms with E-state index >= 15 is 0 Å². The Hall–Kier alpha value is -2.70. The van der Waals surface area contributed by atoms with E-state index in [4.69, 9.17) is 42.1 Å². The van der Waals surface area contributed by atoms with Crippen molar-refractivity contribution >= 4 is 57.1 Å².